The van der Waals surface area contributed by atoms with Gasteiger partial charge in [0.15, 0.2) is 0 Å². The van der Waals surface area contributed by atoms with E-state index in [-0.39, 0.29) is 24.2 Å². The van der Waals surface area contributed by atoms with E-state index in [1.807, 2.05) is 30.3 Å². The molecule has 1 aromatic rings. The molecule has 1 rings (SSSR count). The molecule has 0 aliphatic rings. The first-order valence-electron chi connectivity index (χ1n) is 5.55. The van der Waals surface area contributed by atoms with E-state index in [1.165, 1.54) is 6.92 Å². The molecule has 4 heteroatoms. The van der Waals surface area contributed by atoms with Gasteiger partial charge in [-0.15, -0.1) is 0 Å². The van der Waals surface area contributed by atoms with Gasteiger partial charge in [0.2, 0.25) is 5.91 Å². The fraction of sp³-hybridized carbons (Fsp3) is 0.385. The third-order valence-corrected chi connectivity index (χ3v) is 2.87. The summed E-state index contributed by atoms with van der Waals surface area (Å²) in [6.45, 7) is 1.55. The number of carbonyl (C=O) groups is 2. The second-order valence-electron chi connectivity index (χ2n) is 3.99. The van der Waals surface area contributed by atoms with Crippen molar-refractivity contribution in [1.82, 2.24) is 5.32 Å². The van der Waals surface area contributed by atoms with Crippen LogP contribution in [0.25, 0.3) is 0 Å². The van der Waals surface area contributed by atoms with Crippen molar-refractivity contribution in [3.05, 3.63) is 35.9 Å². The van der Waals surface area contributed by atoms with Crippen LogP contribution in [0.2, 0.25) is 0 Å². The molecule has 1 atom stereocenters. The normalized spacial score (nSPS) is 11.9. The smallest absolute Gasteiger partial charge is 0.224 e. The van der Waals surface area contributed by atoms with Crippen LogP contribution in [0.4, 0.5) is 0 Å². The number of hydrogen-bond donors (Lipinski definition) is 2. The molecule has 0 bridgehead atoms. The van der Waals surface area contributed by atoms with Gasteiger partial charge in [0, 0.05) is 5.75 Å². The average Bonchev–Trinajstić information content (AvgIpc) is 2.34. The van der Waals surface area contributed by atoms with Crippen LogP contribution in [0, 0.1) is 5.92 Å². The zero-order chi connectivity index (χ0) is 12.7. The Morgan fingerprint density at radius 1 is 1.29 bits per heavy atom. The van der Waals surface area contributed by atoms with Crippen LogP contribution >= 0.6 is 12.6 Å². The second kappa shape index (κ2) is 7.12. The molecule has 0 aliphatic heterocycles. The number of benzene rings is 1. The van der Waals surface area contributed by atoms with Crippen molar-refractivity contribution in [3.63, 3.8) is 0 Å². The standard InChI is InChI=1S/C13H17NO2S/c1-10(15)8-14-13(16)12(9-17)7-11-5-3-2-4-6-11/h2-6,12,17H,7-9H2,1H3,(H,14,16). The van der Waals surface area contributed by atoms with E-state index in [9.17, 15) is 9.59 Å². The molecule has 1 unspecified atom stereocenters. The minimum absolute atomic E-state index is 0.0454. The maximum atomic E-state index is 11.8. The van der Waals surface area contributed by atoms with Crippen molar-refractivity contribution in [2.45, 2.75) is 13.3 Å². The molecule has 0 saturated heterocycles. The lowest BCUT2D eigenvalue weighted by molar-refractivity contribution is -0.126. The van der Waals surface area contributed by atoms with E-state index in [0.29, 0.717) is 12.2 Å². The van der Waals surface area contributed by atoms with E-state index >= 15 is 0 Å². The number of rotatable bonds is 6. The van der Waals surface area contributed by atoms with Crippen molar-refractivity contribution < 1.29 is 9.59 Å². The summed E-state index contributed by atoms with van der Waals surface area (Å²) in [7, 11) is 0. The molecule has 17 heavy (non-hydrogen) atoms. The Balaban J connectivity index is 2.53. The largest absolute Gasteiger partial charge is 0.349 e. The SMILES string of the molecule is CC(=O)CNC(=O)C(CS)Cc1ccccc1. The van der Waals surface area contributed by atoms with E-state index in [4.69, 9.17) is 0 Å². The van der Waals surface area contributed by atoms with Gasteiger partial charge in [0.05, 0.1) is 12.5 Å². The number of Topliss-reactive ketones (excluding diaryl/α,β-unsaturated/α-hetero) is 1. The average molecular weight is 251 g/mol. The minimum atomic E-state index is -0.194. The summed E-state index contributed by atoms with van der Waals surface area (Å²) in [5, 5.41) is 2.62. The first kappa shape index (κ1) is 13.8. The van der Waals surface area contributed by atoms with Gasteiger partial charge >= 0.3 is 0 Å². The summed E-state index contributed by atoms with van der Waals surface area (Å²) in [6.07, 6.45) is 0.647. The fourth-order valence-corrected chi connectivity index (χ4v) is 1.79. The Labute approximate surface area is 107 Å². The second-order valence-corrected chi connectivity index (χ2v) is 4.35. The van der Waals surface area contributed by atoms with E-state index in [1.54, 1.807) is 0 Å². The highest BCUT2D eigenvalue weighted by Crippen LogP contribution is 2.10. The van der Waals surface area contributed by atoms with Gasteiger partial charge in [0.25, 0.3) is 0 Å². The molecular formula is C13H17NO2S. The minimum Gasteiger partial charge on any atom is -0.349 e. The van der Waals surface area contributed by atoms with Crippen LogP contribution in [0.1, 0.15) is 12.5 Å². The highest BCUT2D eigenvalue weighted by Gasteiger charge is 2.17. The topological polar surface area (TPSA) is 46.2 Å². The summed E-state index contributed by atoms with van der Waals surface area (Å²) >= 11 is 4.18. The molecule has 1 amide bonds. The number of hydrogen-bond acceptors (Lipinski definition) is 3. The van der Waals surface area contributed by atoms with Crippen molar-refractivity contribution in [3.8, 4) is 0 Å². The van der Waals surface area contributed by atoms with Crippen LogP contribution in [0.3, 0.4) is 0 Å². The highest BCUT2D eigenvalue weighted by atomic mass is 32.1. The van der Waals surface area contributed by atoms with Gasteiger partial charge in [-0.1, -0.05) is 30.3 Å². The van der Waals surface area contributed by atoms with Gasteiger partial charge in [0.1, 0.15) is 5.78 Å². The maximum absolute atomic E-state index is 11.8. The number of nitrogens with one attached hydrogen (secondary N) is 1. The molecule has 3 nitrogen and oxygen atoms in total. The lowest BCUT2D eigenvalue weighted by Gasteiger charge is -2.13. The molecule has 92 valence electrons. The van der Waals surface area contributed by atoms with Crippen molar-refractivity contribution in [2.24, 2.45) is 5.92 Å². The molecule has 0 aromatic heterocycles. The lowest BCUT2D eigenvalue weighted by Crippen LogP contribution is -2.35. The predicted octanol–water partition coefficient (Wildman–Crippen LogP) is 1.48. The quantitative estimate of drug-likeness (QED) is 0.752. The molecule has 0 spiro atoms. The van der Waals surface area contributed by atoms with Crippen LogP contribution in [0.5, 0.6) is 0 Å². The Kier molecular flexibility index (Phi) is 5.77. The molecule has 0 fully saturated rings. The van der Waals surface area contributed by atoms with Gasteiger partial charge in [-0.3, -0.25) is 9.59 Å². The lowest BCUT2D eigenvalue weighted by atomic mass is 10.0. The van der Waals surface area contributed by atoms with Gasteiger partial charge < -0.3 is 5.32 Å². The zero-order valence-electron chi connectivity index (χ0n) is 9.85. The number of ketones is 1. The molecule has 1 N–H and O–H groups in total. The van der Waals surface area contributed by atoms with Gasteiger partial charge in [-0.25, -0.2) is 0 Å². The summed E-state index contributed by atoms with van der Waals surface area (Å²) in [4.78, 5) is 22.6. The summed E-state index contributed by atoms with van der Waals surface area (Å²) < 4.78 is 0. The van der Waals surface area contributed by atoms with E-state index in [2.05, 4.69) is 17.9 Å². The third-order valence-electron chi connectivity index (χ3n) is 2.43. The van der Waals surface area contributed by atoms with Crippen molar-refractivity contribution in [1.29, 1.82) is 0 Å². The molecule has 0 saturated carbocycles. The summed E-state index contributed by atoms with van der Waals surface area (Å²) in [6, 6.07) is 9.79. The fourth-order valence-electron chi connectivity index (χ4n) is 1.49. The number of amides is 1. The van der Waals surface area contributed by atoms with E-state index in [0.717, 1.165) is 5.56 Å². The Bertz CT molecular complexity index is 378. The number of carbonyl (C=O) groups excluding carboxylic acids is 2. The van der Waals surface area contributed by atoms with Crippen LogP contribution in [-0.2, 0) is 16.0 Å². The van der Waals surface area contributed by atoms with Crippen LogP contribution < -0.4 is 5.32 Å². The molecule has 0 heterocycles. The van der Waals surface area contributed by atoms with E-state index < -0.39 is 0 Å². The summed E-state index contributed by atoms with van der Waals surface area (Å²) in [5.74, 6) is 0.119. The summed E-state index contributed by atoms with van der Waals surface area (Å²) in [5.41, 5.74) is 1.10. The Morgan fingerprint density at radius 2 is 1.94 bits per heavy atom. The first-order chi connectivity index (χ1) is 8.13. The van der Waals surface area contributed by atoms with Gasteiger partial charge in [-0.2, -0.15) is 12.6 Å². The molecular weight excluding hydrogens is 234 g/mol. The number of thiol groups is 1. The molecule has 0 radical (unpaired) electrons. The van der Waals surface area contributed by atoms with Gasteiger partial charge in [-0.05, 0) is 18.9 Å². The highest BCUT2D eigenvalue weighted by molar-refractivity contribution is 7.80. The molecule has 0 aliphatic carbocycles. The van der Waals surface area contributed by atoms with Crippen molar-refractivity contribution >= 4 is 24.3 Å². The molecule has 1 aromatic carbocycles. The van der Waals surface area contributed by atoms with Crippen LogP contribution in [-0.4, -0.2) is 24.0 Å². The maximum Gasteiger partial charge on any atom is 0.224 e. The first-order valence-corrected chi connectivity index (χ1v) is 6.18. The van der Waals surface area contributed by atoms with Crippen LogP contribution in [0.15, 0.2) is 30.3 Å². The van der Waals surface area contributed by atoms with Crippen molar-refractivity contribution in [2.75, 3.05) is 12.3 Å². The predicted molar refractivity (Wildman–Crippen MR) is 71.2 cm³/mol. The Hall–Kier alpha value is -1.29. The monoisotopic (exact) mass is 251 g/mol. The Morgan fingerprint density at radius 3 is 2.47 bits per heavy atom. The zero-order valence-corrected chi connectivity index (χ0v) is 10.7. The third kappa shape index (κ3) is 5.04.